The third-order valence-corrected chi connectivity index (χ3v) is 12.8. The van der Waals surface area contributed by atoms with Gasteiger partial charge < -0.3 is 11.5 Å². The van der Waals surface area contributed by atoms with E-state index in [9.17, 15) is 0 Å². The van der Waals surface area contributed by atoms with Crippen LogP contribution in [0.2, 0.25) is 0 Å². The number of rotatable bonds is 6. The predicted octanol–water partition coefficient (Wildman–Crippen LogP) is 8.48. The van der Waals surface area contributed by atoms with Gasteiger partial charge in [-0.1, -0.05) is 195 Å². The molecular weight excluding hydrogens is 766 g/mol. The summed E-state index contributed by atoms with van der Waals surface area (Å²) >= 11 is -0.346. The van der Waals surface area contributed by atoms with Crippen molar-refractivity contribution in [3.63, 3.8) is 0 Å². The molecule has 2 nitrogen and oxygen atoms in total. The van der Waals surface area contributed by atoms with E-state index in [1.54, 1.807) is 0 Å². The normalized spacial score (nSPS) is 15.1. The average molecular weight is 811 g/mol. The summed E-state index contributed by atoms with van der Waals surface area (Å²) in [5.41, 5.74) is 11.3. The monoisotopic (exact) mass is 810 g/mol. The summed E-state index contributed by atoms with van der Waals surface area (Å²) in [4.78, 5) is 0. The van der Waals surface area contributed by atoms with Gasteiger partial charge in [0.2, 0.25) is 0 Å². The Labute approximate surface area is 311 Å². The van der Waals surface area contributed by atoms with Gasteiger partial charge in [-0.25, -0.2) is 0 Å². The van der Waals surface area contributed by atoms with E-state index in [1.165, 1.54) is 44.7 Å². The number of hydrogen-bond acceptors (Lipinski definition) is 2. The van der Waals surface area contributed by atoms with E-state index < -0.39 is 15.8 Å². The molecule has 0 radical (unpaired) electrons. The standard InChI is InChI=1S/2C18H15P.C6H14N2.2ClH.Ru/c2*1-4-10-16(11-5-1)19(17-12-6-2-7-13-17)18-14-8-3-9-15-18;7-5-3-1-2-4-6(5)8;;;/h2*1-15H;5-6H,1-4,7-8H2;2*1H;/q;;;;;+2/p-2/t;;5-,6-;;;/m..0.../s1. The Morgan fingerprint density at radius 3 is 0.673 bits per heavy atom. The third kappa shape index (κ3) is 13.2. The summed E-state index contributed by atoms with van der Waals surface area (Å²) in [6, 6.07) is 65.2. The Hall–Kier alpha value is -2.70. The van der Waals surface area contributed by atoms with Crippen molar-refractivity contribution in [3.8, 4) is 0 Å². The molecule has 2 atom stereocenters. The first-order valence-corrected chi connectivity index (χ1v) is 23.5. The van der Waals surface area contributed by atoms with Crippen molar-refractivity contribution in [1.82, 2.24) is 0 Å². The molecule has 0 spiro atoms. The van der Waals surface area contributed by atoms with Crippen LogP contribution in [-0.2, 0) is 15.1 Å². The van der Waals surface area contributed by atoms with Crippen molar-refractivity contribution in [1.29, 1.82) is 0 Å². The Morgan fingerprint density at radius 1 is 0.367 bits per heavy atom. The minimum atomic E-state index is -0.446. The van der Waals surface area contributed by atoms with E-state index in [4.69, 9.17) is 30.8 Å². The van der Waals surface area contributed by atoms with E-state index in [1.807, 2.05) is 0 Å². The largest absolute Gasteiger partial charge is 0.0622 e. The maximum atomic E-state index is 5.65. The van der Waals surface area contributed by atoms with Crippen LogP contribution in [0.15, 0.2) is 182 Å². The summed E-state index contributed by atoms with van der Waals surface area (Å²) in [6.45, 7) is 0. The van der Waals surface area contributed by atoms with Gasteiger partial charge in [-0.2, -0.15) is 0 Å². The fourth-order valence-electron chi connectivity index (χ4n) is 5.55. The van der Waals surface area contributed by atoms with Crippen LogP contribution in [0.25, 0.3) is 0 Å². The molecule has 0 saturated heterocycles. The summed E-state index contributed by atoms with van der Waals surface area (Å²) in [5, 5.41) is 8.39. The molecular formula is C42H44Cl2N2P2Ru. The van der Waals surface area contributed by atoms with Crippen LogP contribution in [0.4, 0.5) is 0 Å². The topological polar surface area (TPSA) is 52.0 Å². The first kappa shape index (κ1) is 39.1. The van der Waals surface area contributed by atoms with Crippen LogP contribution in [0.5, 0.6) is 0 Å². The molecule has 0 heterocycles. The molecule has 1 saturated carbocycles. The van der Waals surface area contributed by atoms with Crippen LogP contribution in [0.3, 0.4) is 0 Å². The van der Waals surface area contributed by atoms with E-state index in [0.717, 1.165) is 12.8 Å². The fraction of sp³-hybridized carbons (Fsp3) is 0.143. The molecule has 49 heavy (non-hydrogen) atoms. The molecule has 254 valence electrons. The SMILES string of the molecule is N[C@H]1CCCC[C@@H]1N.[Cl][Ru][Cl].c1ccc(P(c2ccccc2)c2ccccc2)cc1.c1ccc(P(c2ccccc2)c2ccccc2)cc1. The third-order valence-electron chi connectivity index (χ3n) is 7.96. The van der Waals surface area contributed by atoms with Gasteiger partial charge in [0.05, 0.1) is 0 Å². The summed E-state index contributed by atoms with van der Waals surface area (Å²) in [6.07, 6.45) is 4.80. The molecule has 1 fully saturated rings. The first-order chi connectivity index (χ1) is 24.1. The Kier molecular flexibility index (Phi) is 18.3. The maximum Gasteiger partial charge on any atom is -0.0134 e. The molecule has 6 aromatic carbocycles. The van der Waals surface area contributed by atoms with Crippen LogP contribution in [-0.4, -0.2) is 12.1 Å². The molecule has 7 rings (SSSR count). The molecule has 0 bridgehead atoms. The molecule has 1 aliphatic rings. The molecule has 4 N–H and O–H groups in total. The van der Waals surface area contributed by atoms with Crippen LogP contribution in [0.1, 0.15) is 25.7 Å². The van der Waals surface area contributed by atoms with Gasteiger partial charge in [0, 0.05) is 12.1 Å². The molecule has 0 aliphatic heterocycles. The molecule has 1 aliphatic carbocycles. The van der Waals surface area contributed by atoms with Crippen molar-refractivity contribution < 1.29 is 15.1 Å². The summed E-state index contributed by atoms with van der Waals surface area (Å²) < 4.78 is 0. The van der Waals surface area contributed by atoms with Gasteiger partial charge >= 0.3 is 34.5 Å². The van der Waals surface area contributed by atoms with Gasteiger partial charge in [-0.05, 0) is 60.5 Å². The van der Waals surface area contributed by atoms with Gasteiger partial charge in [-0.3, -0.25) is 0 Å². The number of hydrogen-bond donors (Lipinski definition) is 2. The van der Waals surface area contributed by atoms with Crippen molar-refractivity contribution in [2.24, 2.45) is 11.5 Å². The van der Waals surface area contributed by atoms with E-state index >= 15 is 0 Å². The number of nitrogens with two attached hydrogens (primary N) is 2. The second-order valence-corrected chi connectivity index (χ2v) is 18.4. The van der Waals surface area contributed by atoms with Crippen LogP contribution in [0, 0.1) is 0 Å². The molecule has 6 aromatic rings. The minimum absolute atomic E-state index is 0.281. The van der Waals surface area contributed by atoms with Gasteiger partial charge in [-0.15, -0.1) is 0 Å². The van der Waals surface area contributed by atoms with Gasteiger partial charge in [0.15, 0.2) is 0 Å². The second-order valence-electron chi connectivity index (χ2n) is 11.3. The first-order valence-electron chi connectivity index (χ1n) is 16.4. The fourth-order valence-corrected chi connectivity index (χ4v) is 10.2. The zero-order chi connectivity index (χ0) is 34.5. The predicted molar refractivity (Wildman–Crippen MR) is 216 cm³/mol. The van der Waals surface area contributed by atoms with E-state index in [-0.39, 0.29) is 27.2 Å². The smallest absolute Gasteiger partial charge is 0.0134 e. The van der Waals surface area contributed by atoms with Gasteiger partial charge in [0.1, 0.15) is 0 Å². The van der Waals surface area contributed by atoms with Crippen LogP contribution >= 0.6 is 35.2 Å². The Balaban J connectivity index is 0.000000170. The molecule has 0 unspecified atom stereocenters. The van der Waals surface area contributed by atoms with Crippen molar-refractivity contribution in [2.45, 2.75) is 37.8 Å². The number of benzene rings is 6. The molecule has 7 heteroatoms. The summed E-state index contributed by atoms with van der Waals surface area (Å²) in [7, 11) is 8.82. The van der Waals surface area contributed by atoms with Crippen LogP contribution < -0.4 is 43.3 Å². The Morgan fingerprint density at radius 2 is 0.531 bits per heavy atom. The number of halogens is 2. The summed E-state index contributed by atoms with van der Waals surface area (Å²) in [5.74, 6) is 0. The minimum Gasteiger partial charge on any atom is -0.0622 e. The van der Waals surface area contributed by atoms with E-state index in [0.29, 0.717) is 0 Å². The molecule has 0 aromatic heterocycles. The average Bonchev–Trinajstić information content (AvgIpc) is 3.17. The zero-order valence-corrected chi connectivity index (χ0v) is 32.5. The maximum absolute atomic E-state index is 5.65. The van der Waals surface area contributed by atoms with E-state index in [2.05, 4.69) is 182 Å². The quantitative estimate of drug-likeness (QED) is 0.131. The van der Waals surface area contributed by atoms with Gasteiger partial charge in [0.25, 0.3) is 0 Å². The molecule has 0 amide bonds. The van der Waals surface area contributed by atoms with Crippen molar-refractivity contribution in [2.75, 3.05) is 0 Å². The Bertz CT molecular complexity index is 1370. The second kappa shape index (κ2) is 22.9. The van der Waals surface area contributed by atoms with Crippen molar-refractivity contribution >= 4 is 67.1 Å². The van der Waals surface area contributed by atoms with Crippen molar-refractivity contribution in [3.05, 3.63) is 182 Å². The zero-order valence-electron chi connectivity index (χ0n) is 27.5.